The van der Waals surface area contributed by atoms with Crippen LogP contribution in [-0.4, -0.2) is 12.5 Å². The molecule has 3 nitrogen and oxygen atoms in total. The maximum absolute atomic E-state index is 11.8. The zero-order valence-electron chi connectivity index (χ0n) is 11.3. The van der Waals surface area contributed by atoms with Gasteiger partial charge in [0.15, 0.2) is 0 Å². The predicted molar refractivity (Wildman–Crippen MR) is 82.7 cm³/mol. The summed E-state index contributed by atoms with van der Waals surface area (Å²) in [5.74, 6) is 2.46. The minimum absolute atomic E-state index is 0.0973. The van der Waals surface area contributed by atoms with Gasteiger partial charge in [-0.15, -0.1) is 6.42 Å². The fourth-order valence-corrected chi connectivity index (χ4v) is 1.74. The van der Waals surface area contributed by atoms with Crippen molar-refractivity contribution in [2.75, 3.05) is 17.2 Å². The second-order valence-electron chi connectivity index (χ2n) is 4.49. The molecule has 20 heavy (non-hydrogen) atoms. The summed E-state index contributed by atoms with van der Waals surface area (Å²) in [5.41, 5.74) is 3.57. The van der Waals surface area contributed by atoms with Crippen LogP contribution in [0.25, 0.3) is 0 Å². The fourth-order valence-electron chi connectivity index (χ4n) is 1.74. The molecule has 0 saturated heterocycles. The molecular formula is C17H16N2O. The number of nitrogens with one attached hydrogen (secondary N) is 2. The van der Waals surface area contributed by atoms with Crippen molar-refractivity contribution in [2.45, 2.75) is 6.92 Å². The number of amides is 1. The minimum Gasteiger partial charge on any atom is -0.376 e. The summed E-state index contributed by atoms with van der Waals surface area (Å²) in [5, 5.41) is 5.87. The van der Waals surface area contributed by atoms with Crippen molar-refractivity contribution in [3.05, 3.63) is 59.7 Å². The van der Waals surface area contributed by atoms with Crippen LogP contribution in [0.1, 0.15) is 11.1 Å². The van der Waals surface area contributed by atoms with Crippen LogP contribution in [0.2, 0.25) is 0 Å². The molecule has 100 valence electrons. The maximum Gasteiger partial charge on any atom is 0.243 e. The van der Waals surface area contributed by atoms with E-state index in [4.69, 9.17) is 6.42 Å². The molecular weight excluding hydrogens is 248 g/mol. The van der Waals surface area contributed by atoms with E-state index in [9.17, 15) is 4.79 Å². The Hall–Kier alpha value is -2.73. The van der Waals surface area contributed by atoms with E-state index in [1.807, 2.05) is 55.5 Å². The molecule has 0 aromatic heterocycles. The van der Waals surface area contributed by atoms with Gasteiger partial charge < -0.3 is 10.6 Å². The van der Waals surface area contributed by atoms with E-state index in [0.29, 0.717) is 0 Å². The molecule has 0 aliphatic carbocycles. The second kappa shape index (κ2) is 6.44. The van der Waals surface area contributed by atoms with Crippen LogP contribution >= 0.6 is 0 Å². The van der Waals surface area contributed by atoms with Gasteiger partial charge in [0.1, 0.15) is 0 Å². The molecule has 0 heterocycles. The lowest BCUT2D eigenvalue weighted by Crippen LogP contribution is -2.21. The molecule has 2 N–H and O–H groups in total. The number of anilines is 2. The Morgan fingerprint density at radius 1 is 1.15 bits per heavy atom. The zero-order valence-corrected chi connectivity index (χ0v) is 11.3. The van der Waals surface area contributed by atoms with Gasteiger partial charge in [0, 0.05) is 16.9 Å². The Kier molecular flexibility index (Phi) is 4.41. The van der Waals surface area contributed by atoms with Crippen molar-refractivity contribution < 1.29 is 4.79 Å². The summed E-state index contributed by atoms with van der Waals surface area (Å²) in [7, 11) is 0. The van der Waals surface area contributed by atoms with Crippen molar-refractivity contribution in [2.24, 2.45) is 0 Å². The molecule has 0 bridgehead atoms. The quantitative estimate of drug-likeness (QED) is 0.833. The van der Waals surface area contributed by atoms with Gasteiger partial charge in [-0.05, 0) is 37.3 Å². The van der Waals surface area contributed by atoms with Gasteiger partial charge in [0.05, 0.1) is 6.54 Å². The average Bonchev–Trinajstić information content (AvgIpc) is 2.48. The summed E-state index contributed by atoms with van der Waals surface area (Å²) >= 11 is 0. The number of carbonyl (C=O) groups is 1. The summed E-state index contributed by atoms with van der Waals surface area (Å²) in [6, 6.07) is 15.1. The van der Waals surface area contributed by atoms with Gasteiger partial charge in [-0.1, -0.05) is 29.7 Å². The Morgan fingerprint density at radius 2 is 1.90 bits per heavy atom. The topological polar surface area (TPSA) is 41.1 Å². The van der Waals surface area contributed by atoms with Gasteiger partial charge in [0.25, 0.3) is 0 Å². The number of hydrogen-bond acceptors (Lipinski definition) is 2. The van der Waals surface area contributed by atoms with Crippen LogP contribution in [0.5, 0.6) is 0 Å². The van der Waals surface area contributed by atoms with Crippen LogP contribution in [0, 0.1) is 19.3 Å². The lowest BCUT2D eigenvalue weighted by Gasteiger charge is -2.08. The number of benzene rings is 2. The average molecular weight is 264 g/mol. The van der Waals surface area contributed by atoms with E-state index < -0.39 is 0 Å². The first-order valence-corrected chi connectivity index (χ1v) is 6.34. The predicted octanol–water partition coefficient (Wildman–Crippen LogP) is 3.03. The van der Waals surface area contributed by atoms with Gasteiger partial charge in [0.2, 0.25) is 5.91 Å². The number of carbonyl (C=O) groups excluding carboxylic acids is 1. The van der Waals surface area contributed by atoms with Crippen molar-refractivity contribution in [3.8, 4) is 12.3 Å². The standard InChI is InChI=1S/C17H16N2O/c1-3-14-5-4-6-16(11-14)18-12-17(20)19-15-9-7-13(2)8-10-15/h1,4-11,18H,12H2,2H3,(H,19,20). The molecule has 0 aliphatic rings. The van der Waals surface area contributed by atoms with E-state index in [0.717, 1.165) is 22.5 Å². The largest absolute Gasteiger partial charge is 0.376 e. The van der Waals surface area contributed by atoms with E-state index in [1.165, 1.54) is 0 Å². The minimum atomic E-state index is -0.0973. The highest BCUT2D eigenvalue weighted by Gasteiger charge is 2.02. The first-order valence-electron chi connectivity index (χ1n) is 6.34. The van der Waals surface area contributed by atoms with E-state index >= 15 is 0 Å². The van der Waals surface area contributed by atoms with Gasteiger partial charge in [-0.3, -0.25) is 4.79 Å². The fraction of sp³-hybridized carbons (Fsp3) is 0.118. The van der Waals surface area contributed by atoms with E-state index in [1.54, 1.807) is 0 Å². The monoisotopic (exact) mass is 264 g/mol. The lowest BCUT2D eigenvalue weighted by atomic mass is 10.2. The molecule has 1 amide bonds. The van der Waals surface area contributed by atoms with Crippen molar-refractivity contribution in [1.29, 1.82) is 0 Å². The van der Waals surface area contributed by atoms with Crippen LogP contribution in [-0.2, 0) is 4.79 Å². The summed E-state index contributed by atoms with van der Waals surface area (Å²) < 4.78 is 0. The van der Waals surface area contributed by atoms with Crippen LogP contribution in [0.4, 0.5) is 11.4 Å². The van der Waals surface area contributed by atoms with Crippen molar-refractivity contribution in [3.63, 3.8) is 0 Å². The van der Waals surface area contributed by atoms with Crippen LogP contribution < -0.4 is 10.6 Å². The molecule has 0 atom stereocenters. The number of hydrogen-bond donors (Lipinski definition) is 2. The summed E-state index contributed by atoms with van der Waals surface area (Å²) in [6.07, 6.45) is 5.33. The van der Waals surface area contributed by atoms with Crippen molar-refractivity contribution in [1.82, 2.24) is 0 Å². The third-order valence-electron chi connectivity index (χ3n) is 2.82. The smallest absolute Gasteiger partial charge is 0.243 e. The SMILES string of the molecule is C#Cc1cccc(NCC(=O)Nc2ccc(C)cc2)c1. The zero-order chi connectivity index (χ0) is 14.4. The molecule has 0 fully saturated rings. The van der Waals surface area contributed by atoms with Crippen LogP contribution in [0.3, 0.4) is 0 Å². The second-order valence-corrected chi connectivity index (χ2v) is 4.49. The third kappa shape index (κ3) is 3.89. The highest BCUT2D eigenvalue weighted by atomic mass is 16.1. The summed E-state index contributed by atoms with van der Waals surface area (Å²) in [4.78, 5) is 11.8. The molecule has 3 heteroatoms. The Balaban J connectivity index is 1.89. The first kappa shape index (κ1) is 13.7. The van der Waals surface area contributed by atoms with E-state index in [2.05, 4.69) is 16.6 Å². The first-order chi connectivity index (χ1) is 9.67. The van der Waals surface area contributed by atoms with E-state index in [-0.39, 0.29) is 12.5 Å². The molecule has 0 radical (unpaired) electrons. The molecule has 0 saturated carbocycles. The molecule has 2 aromatic carbocycles. The molecule has 0 spiro atoms. The third-order valence-corrected chi connectivity index (χ3v) is 2.82. The van der Waals surface area contributed by atoms with Gasteiger partial charge >= 0.3 is 0 Å². The highest BCUT2D eigenvalue weighted by Crippen LogP contribution is 2.10. The highest BCUT2D eigenvalue weighted by molar-refractivity contribution is 5.93. The molecule has 2 aromatic rings. The van der Waals surface area contributed by atoms with Crippen molar-refractivity contribution >= 4 is 17.3 Å². The number of rotatable bonds is 4. The Morgan fingerprint density at radius 3 is 2.60 bits per heavy atom. The van der Waals surface area contributed by atoms with Gasteiger partial charge in [-0.2, -0.15) is 0 Å². The number of terminal acetylenes is 1. The Labute approximate surface area is 119 Å². The number of aryl methyl sites for hydroxylation is 1. The van der Waals surface area contributed by atoms with Crippen LogP contribution in [0.15, 0.2) is 48.5 Å². The molecule has 0 unspecified atom stereocenters. The molecule has 0 aliphatic heterocycles. The molecule has 2 rings (SSSR count). The summed E-state index contributed by atoms with van der Waals surface area (Å²) in [6.45, 7) is 2.20. The Bertz CT molecular complexity index is 639. The lowest BCUT2D eigenvalue weighted by molar-refractivity contribution is -0.114. The normalized spacial score (nSPS) is 9.60. The maximum atomic E-state index is 11.8. The van der Waals surface area contributed by atoms with Gasteiger partial charge in [-0.25, -0.2) is 0 Å².